The molecule has 1 aromatic carbocycles. The van der Waals surface area contributed by atoms with E-state index < -0.39 is 5.97 Å². The number of rotatable bonds is 5. The molecule has 21 heavy (non-hydrogen) atoms. The number of ether oxygens (including phenoxy) is 1. The third-order valence-electron chi connectivity index (χ3n) is 3.55. The number of nitrogens with zero attached hydrogens (tertiary/aromatic N) is 1. The number of carboxylic acid groups (broad SMARTS) is 1. The van der Waals surface area contributed by atoms with Gasteiger partial charge in [0.1, 0.15) is 0 Å². The van der Waals surface area contributed by atoms with E-state index in [0.717, 1.165) is 12.8 Å². The van der Waals surface area contributed by atoms with Gasteiger partial charge in [0, 0.05) is 36.4 Å². The average Bonchev–Trinajstić information content (AvgIpc) is 2.49. The predicted octanol–water partition coefficient (Wildman–Crippen LogP) is 2.44. The number of hydrogen-bond acceptors (Lipinski definition) is 3. The Morgan fingerprint density at radius 1 is 1.24 bits per heavy atom. The van der Waals surface area contributed by atoms with Crippen molar-refractivity contribution in [2.75, 3.05) is 19.8 Å². The van der Waals surface area contributed by atoms with Crippen LogP contribution in [0.1, 0.15) is 29.6 Å². The van der Waals surface area contributed by atoms with Gasteiger partial charge in [0.15, 0.2) is 0 Å². The molecule has 1 N–H and O–H groups in total. The number of carboxylic acids is 1. The highest BCUT2D eigenvalue weighted by Crippen LogP contribution is 2.19. The van der Waals surface area contributed by atoms with E-state index in [-0.39, 0.29) is 24.9 Å². The van der Waals surface area contributed by atoms with Crippen LogP contribution < -0.4 is 0 Å². The minimum Gasteiger partial charge on any atom is -0.481 e. The molecule has 5 nitrogen and oxygen atoms in total. The van der Waals surface area contributed by atoms with E-state index in [1.165, 1.54) is 0 Å². The maximum absolute atomic E-state index is 12.6. The van der Waals surface area contributed by atoms with Crippen molar-refractivity contribution in [1.82, 2.24) is 4.90 Å². The molecule has 1 saturated heterocycles. The molecular formula is C15H18ClNO4. The third-order valence-corrected chi connectivity index (χ3v) is 3.80. The molecule has 0 aliphatic carbocycles. The molecule has 114 valence electrons. The monoisotopic (exact) mass is 311 g/mol. The molecule has 2 rings (SSSR count). The number of halogens is 1. The summed E-state index contributed by atoms with van der Waals surface area (Å²) in [6.07, 6.45) is 1.41. The van der Waals surface area contributed by atoms with Gasteiger partial charge in [-0.1, -0.05) is 11.6 Å². The first kappa shape index (κ1) is 15.8. The van der Waals surface area contributed by atoms with Crippen LogP contribution in [0, 0.1) is 0 Å². The molecule has 0 aromatic heterocycles. The Hall–Kier alpha value is -1.59. The van der Waals surface area contributed by atoms with Gasteiger partial charge in [-0.15, -0.1) is 0 Å². The maximum Gasteiger partial charge on any atom is 0.305 e. The quantitative estimate of drug-likeness (QED) is 0.907. The molecule has 0 unspecified atom stereocenters. The summed E-state index contributed by atoms with van der Waals surface area (Å²) in [5, 5.41) is 9.43. The lowest BCUT2D eigenvalue weighted by Crippen LogP contribution is -2.44. The van der Waals surface area contributed by atoms with E-state index in [4.69, 9.17) is 21.4 Å². The molecule has 1 aliphatic rings. The van der Waals surface area contributed by atoms with Crippen LogP contribution in [0.4, 0.5) is 0 Å². The molecule has 0 saturated carbocycles. The summed E-state index contributed by atoms with van der Waals surface area (Å²) in [4.78, 5) is 25.1. The van der Waals surface area contributed by atoms with Crippen LogP contribution in [0.15, 0.2) is 24.3 Å². The fourth-order valence-corrected chi connectivity index (χ4v) is 2.55. The Morgan fingerprint density at radius 2 is 1.86 bits per heavy atom. The van der Waals surface area contributed by atoms with Gasteiger partial charge in [0.25, 0.3) is 5.91 Å². The minimum absolute atomic E-state index is 0.0290. The highest BCUT2D eigenvalue weighted by atomic mass is 35.5. The molecule has 1 fully saturated rings. The second-order valence-corrected chi connectivity index (χ2v) is 5.43. The van der Waals surface area contributed by atoms with Gasteiger partial charge in [-0.05, 0) is 37.1 Å². The van der Waals surface area contributed by atoms with Gasteiger partial charge in [0.2, 0.25) is 0 Å². The minimum atomic E-state index is -0.907. The highest BCUT2D eigenvalue weighted by Gasteiger charge is 2.26. The van der Waals surface area contributed by atoms with Crippen molar-refractivity contribution in [1.29, 1.82) is 0 Å². The predicted molar refractivity (Wildman–Crippen MR) is 78.6 cm³/mol. The van der Waals surface area contributed by atoms with Crippen LogP contribution in [0.5, 0.6) is 0 Å². The molecule has 1 amide bonds. The van der Waals surface area contributed by atoms with Crippen LogP contribution in [0.3, 0.4) is 0 Å². The summed E-state index contributed by atoms with van der Waals surface area (Å²) in [5.74, 6) is -1.06. The van der Waals surface area contributed by atoms with Crippen molar-refractivity contribution >= 4 is 23.5 Å². The van der Waals surface area contributed by atoms with Crippen molar-refractivity contribution in [2.24, 2.45) is 0 Å². The van der Waals surface area contributed by atoms with Crippen molar-refractivity contribution in [3.63, 3.8) is 0 Å². The Morgan fingerprint density at radius 3 is 2.43 bits per heavy atom. The lowest BCUT2D eigenvalue weighted by Gasteiger charge is -2.34. The van der Waals surface area contributed by atoms with Gasteiger partial charge < -0.3 is 14.7 Å². The number of carbonyl (C=O) groups excluding carboxylic acids is 1. The molecule has 1 aliphatic heterocycles. The second-order valence-electron chi connectivity index (χ2n) is 4.99. The van der Waals surface area contributed by atoms with Crippen molar-refractivity contribution in [2.45, 2.75) is 25.3 Å². The summed E-state index contributed by atoms with van der Waals surface area (Å²) in [7, 11) is 0. The molecule has 6 heteroatoms. The summed E-state index contributed by atoms with van der Waals surface area (Å²) < 4.78 is 5.30. The zero-order valence-corrected chi connectivity index (χ0v) is 12.4. The van der Waals surface area contributed by atoms with Crippen LogP contribution >= 0.6 is 11.6 Å². The molecule has 1 aromatic rings. The Kier molecular flexibility index (Phi) is 5.59. The van der Waals surface area contributed by atoms with Gasteiger partial charge in [-0.3, -0.25) is 9.59 Å². The smallest absolute Gasteiger partial charge is 0.305 e. The Balaban J connectivity index is 2.14. The third kappa shape index (κ3) is 4.44. The van der Waals surface area contributed by atoms with Gasteiger partial charge >= 0.3 is 5.97 Å². The Labute approximate surface area is 128 Å². The zero-order valence-electron chi connectivity index (χ0n) is 11.6. The number of aliphatic carboxylic acids is 1. The summed E-state index contributed by atoms with van der Waals surface area (Å²) in [6, 6.07) is 6.68. The first-order chi connectivity index (χ1) is 10.1. The van der Waals surface area contributed by atoms with Crippen molar-refractivity contribution in [3.8, 4) is 0 Å². The second kappa shape index (κ2) is 7.43. The molecular weight excluding hydrogens is 294 g/mol. The Bertz CT molecular complexity index is 497. The van der Waals surface area contributed by atoms with Crippen LogP contribution in [0.2, 0.25) is 5.02 Å². The van der Waals surface area contributed by atoms with E-state index in [1.807, 2.05) is 0 Å². The normalized spacial score (nSPS) is 15.7. The first-order valence-corrected chi connectivity index (χ1v) is 7.32. The molecule has 0 atom stereocenters. The van der Waals surface area contributed by atoms with Crippen LogP contribution in [-0.2, 0) is 9.53 Å². The fourth-order valence-electron chi connectivity index (χ4n) is 2.42. The standard InChI is InChI=1S/C15H18ClNO4/c16-12-3-1-11(2-4-12)15(20)17(8-5-14(18)19)13-6-9-21-10-7-13/h1-4,13H,5-10H2,(H,18,19). The van der Waals surface area contributed by atoms with Gasteiger partial charge in [-0.2, -0.15) is 0 Å². The van der Waals surface area contributed by atoms with Gasteiger partial charge in [0.05, 0.1) is 6.42 Å². The summed E-state index contributed by atoms with van der Waals surface area (Å²) in [6.45, 7) is 1.41. The molecule has 0 spiro atoms. The van der Waals surface area contributed by atoms with Crippen molar-refractivity contribution in [3.05, 3.63) is 34.9 Å². The van der Waals surface area contributed by atoms with Gasteiger partial charge in [-0.25, -0.2) is 0 Å². The number of carbonyl (C=O) groups is 2. The topological polar surface area (TPSA) is 66.8 Å². The van der Waals surface area contributed by atoms with Crippen molar-refractivity contribution < 1.29 is 19.4 Å². The van der Waals surface area contributed by atoms with E-state index in [2.05, 4.69) is 0 Å². The zero-order chi connectivity index (χ0) is 15.2. The average molecular weight is 312 g/mol. The van der Waals surface area contributed by atoms with E-state index in [9.17, 15) is 9.59 Å². The van der Waals surface area contributed by atoms with E-state index in [1.54, 1.807) is 29.2 Å². The fraction of sp³-hybridized carbons (Fsp3) is 0.467. The molecule has 1 heterocycles. The first-order valence-electron chi connectivity index (χ1n) is 6.94. The largest absolute Gasteiger partial charge is 0.481 e. The highest BCUT2D eigenvalue weighted by molar-refractivity contribution is 6.30. The van der Waals surface area contributed by atoms with Crippen LogP contribution in [0.25, 0.3) is 0 Å². The molecule has 0 bridgehead atoms. The van der Waals surface area contributed by atoms with E-state index in [0.29, 0.717) is 23.8 Å². The lowest BCUT2D eigenvalue weighted by atomic mass is 10.0. The number of benzene rings is 1. The van der Waals surface area contributed by atoms with E-state index >= 15 is 0 Å². The number of amides is 1. The lowest BCUT2D eigenvalue weighted by molar-refractivity contribution is -0.137. The summed E-state index contributed by atoms with van der Waals surface area (Å²) >= 11 is 5.83. The SMILES string of the molecule is O=C(O)CCN(C(=O)c1ccc(Cl)cc1)C1CCOCC1. The maximum atomic E-state index is 12.6. The summed E-state index contributed by atoms with van der Waals surface area (Å²) in [5.41, 5.74) is 0.524. The number of hydrogen-bond donors (Lipinski definition) is 1. The van der Waals surface area contributed by atoms with Crippen LogP contribution in [-0.4, -0.2) is 47.7 Å². The molecule has 0 radical (unpaired) electrons.